The first-order chi connectivity index (χ1) is 10.1. The first-order valence-corrected chi connectivity index (χ1v) is 6.51. The maximum atomic E-state index is 10.7. The van der Waals surface area contributed by atoms with E-state index in [4.69, 9.17) is 5.11 Å². The van der Waals surface area contributed by atoms with Crippen LogP contribution in [0.25, 0.3) is 6.08 Å². The van der Waals surface area contributed by atoms with Crippen molar-refractivity contribution in [1.29, 1.82) is 0 Å². The smallest absolute Gasteiger partial charge is 0.335 e. The molecule has 0 bridgehead atoms. The number of carboxylic acid groups (broad SMARTS) is 1. The Morgan fingerprint density at radius 2 is 1.76 bits per heavy atom. The van der Waals surface area contributed by atoms with Gasteiger partial charge in [-0.1, -0.05) is 36.4 Å². The van der Waals surface area contributed by atoms with E-state index >= 15 is 0 Å². The summed E-state index contributed by atoms with van der Waals surface area (Å²) in [6.45, 7) is 1.96. The van der Waals surface area contributed by atoms with Crippen LogP contribution in [-0.4, -0.2) is 17.3 Å². The van der Waals surface area contributed by atoms with E-state index in [1.165, 1.54) is 12.1 Å². The Morgan fingerprint density at radius 1 is 1.10 bits per heavy atom. The fraction of sp³-hybridized carbons (Fsp3) is 0.0588. The third-order valence-corrected chi connectivity index (χ3v) is 2.79. The summed E-state index contributed by atoms with van der Waals surface area (Å²) in [5.41, 5.74) is 5.98. The Kier molecular flexibility index (Phi) is 4.88. The lowest BCUT2D eigenvalue weighted by atomic mass is 10.1. The third kappa shape index (κ3) is 4.62. The molecule has 0 spiro atoms. The van der Waals surface area contributed by atoms with E-state index in [9.17, 15) is 4.79 Å². The molecule has 0 saturated heterocycles. The van der Waals surface area contributed by atoms with Gasteiger partial charge in [0.1, 0.15) is 0 Å². The highest BCUT2D eigenvalue weighted by Gasteiger charge is 2.00. The predicted molar refractivity (Wildman–Crippen MR) is 85.6 cm³/mol. The summed E-state index contributed by atoms with van der Waals surface area (Å²) in [6.07, 6.45) is 3.75. The van der Waals surface area contributed by atoms with Gasteiger partial charge in [-0.2, -0.15) is 5.10 Å². The third-order valence-electron chi connectivity index (χ3n) is 2.79. The molecule has 0 aliphatic carbocycles. The maximum absolute atomic E-state index is 10.7. The maximum Gasteiger partial charge on any atom is 0.335 e. The minimum atomic E-state index is -0.938. The number of hydrogen-bond acceptors (Lipinski definition) is 3. The largest absolute Gasteiger partial charge is 0.478 e. The lowest BCUT2D eigenvalue weighted by Gasteiger charge is -2.00. The molecule has 4 nitrogen and oxygen atoms in total. The second-order valence-electron chi connectivity index (χ2n) is 4.55. The van der Waals surface area contributed by atoms with Gasteiger partial charge in [0.2, 0.25) is 0 Å². The molecule has 2 aromatic rings. The molecule has 0 amide bonds. The van der Waals surface area contributed by atoms with Crippen LogP contribution in [0.1, 0.15) is 22.8 Å². The summed E-state index contributed by atoms with van der Waals surface area (Å²) in [5, 5.41) is 12.9. The molecule has 0 unspecified atom stereocenters. The van der Waals surface area contributed by atoms with E-state index in [-0.39, 0.29) is 5.56 Å². The number of rotatable bonds is 5. The van der Waals surface area contributed by atoms with E-state index in [2.05, 4.69) is 10.5 Å². The molecule has 0 saturated carbocycles. The van der Waals surface area contributed by atoms with Gasteiger partial charge in [-0.25, -0.2) is 4.79 Å². The number of carbonyl (C=O) groups is 1. The van der Waals surface area contributed by atoms with Crippen molar-refractivity contribution >= 4 is 23.9 Å². The zero-order chi connectivity index (χ0) is 15.1. The second kappa shape index (κ2) is 7.05. The number of aromatic carboxylic acids is 1. The van der Waals surface area contributed by atoms with Crippen molar-refractivity contribution in [2.75, 3.05) is 5.43 Å². The fourth-order valence-electron chi connectivity index (χ4n) is 1.75. The van der Waals surface area contributed by atoms with Crippen LogP contribution >= 0.6 is 0 Å². The van der Waals surface area contributed by atoms with E-state index in [0.717, 1.165) is 16.8 Å². The molecule has 0 radical (unpaired) electrons. The SMILES string of the molecule is CC(/C=N/Nc1ccc(C(=O)O)cc1)=C\c1ccccc1. The highest BCUT2D eigenvalue weighted by atomic mass is 16.4. The number of carboxylic acids is 1. The molecule has 0 fully saturated rings. The van der Waals surface area contributed by atoms with Crippen LogP contribution in [0, 0.1) is 0 Å². The van der Waals surface area contributed by atoms with Gasteiger partial charge in [-0.3, -0.25) is 5.43 Å². The molecule has 4 heteroatoms. The molecule has 2 rings (SSSR count). The minimum absolute atomic E-state index is 0.254. The molecular formula is C17H16N2O2. The number of nitrogens with zero attached hydrogens (tertiary/aromatic N) is 1. The zero-order valence-electron chi connectivity index (χ0n) is 11.7. The van der Waals surface area contributed by atoms with Crippen LogP contribution in [0.5, 0.6) is 0 Å². The zero-order valence-corrected chi connectivity index (χ0v) is 11.7. The number of nitrogens with one attached hydrogen (secondary N) is 1. The van der Waals surface area contributed by atoms with Crippen LogP contribution in [-0.2, 0) is 0 Å². The monoisotopic (exact) mass is 280 g/mol. The average molecular weight is 280 g/mol. The van der Waals surface area contributed by atoms with Gasteiger partial charge in [0.05, 0.1) is 17.5 Å². The molecule has 0 aliphatic heterocycles. The Hall–Kier alpha value is -2.88. The summed E-state index contributed by atoms with van der Waals surface area (Å²) in [7, 11) is 0. The molecule has 0 aromatic heterocycles. The summed E-state index contributed by atoms with van der Waals surface area (Å²) in [6, 6.07) is 16.4. The fourth-order valence-corrected chi connectivity index (χ4v) is 1.75. The summed E-state index contributed by atoms with van der Waals surface area (Å²) < 4.78 is 0. The topological polar surface area (TPSA) is 61.7 Å². The van der Waals surface area contributed by atoms with Crippen molar-refractivity contribution in [2.45, 2.75) is 6.92 Å². The Labute approximate surface area is 123 Å². The Balaban J connectivity index is 1.95. The van der Waals surface area contributed by atoms with Gasteiger partial charge in [0.15, 0.2) is 0 Å². The molecule has 2 aromatic carbocycles. The van der Waals surface area contributed by atoms with Crippen LogP contribution in [0.15, 0.2) is 65.3 Å². The number of benzene rings is 2. The molecule has 0 heterocycles. The standard InChI is InChI=1S/C17H16N2O2/c1-13(11-14-5-3-2-4-6-14)12-18-19-16-9-7-15(8-10-16)17(20)21/h2-12,19H,1H3,(H,20,21)/b13-11+,18-12+. The van der Waals surface area contributed by atoms with E-state index in [1.54, 1.807) is 18.3 Å². The van der Waals surface area contributed by atoms with Gasteiger partial charge in [0, 0.05) is 0 Å². The quantitative estimate of drug-likeness (QED) is 0.645. The summed E-state index contributed by atoms with van der Waals surface area (Å²) >= 11 is 0. The number of allylic oxidation sites excluding steroid dienone is 1. The van der Waals surface area contributed by atoms with Gasteiger partial charge in [0.25, 0.3) is 0 Å². The van der Waals surface area contributed by atoms with Gasteiger partial charge >= 0.3 is 5.97 Å². The average Bonchev–Trinajstić information content (AvgIpc) is 2.49. The summed E-state index contributed by atoms with van der Waals surface area (Å²) in [5.74, 6) is -0.938. The Morgan fingerprint density at radius 3 is 2.38 bits per heavy atom. The van der Waals surface area contributed by atoms with Crippen LogP contribution in [0.4, 0.5) is 5.69 Å². The van der Waals surface area contributed by atoms with Gasteiger partial charge < -0.3 is 5.11 Å². The van der Waals surface area contributed by atoms with Gasteiger partial charge in [-0.05, 0) is 42.3 Å². The van der Waals surface area contributed by atoms with E-state index in [1.807, 2.05) is 43.3 Å². The summed E-state index contributed by atoms with van der Waals surface area (Å²) in [4.78, 5) is 10.7. The highest BCUT2D eigenvalue weighted by Crippen LogP contribution is 2.09. The number of hydrogen-bond donors (Lipinski definition) is 2. The first kappa shape index (κ1) is 14.5. The minimum Gasteiger partial charge on any atom is -0.478 e. The second-order valence-corrected chi connectivity index (χ2v) is 4.55. The van der Waals surface area contributed by atoms with Crippen molar-refractivity contribution in [3.8, 4) is 0 Å². The molecule has 106 valence electrons. The highest BCUT2D eigenvalue weighted by molar-refractivity contribution is 5.88. The van der Waals surface area contributed by atoms with E-state index in [0.29, 0.717) is 0 Å². The lowest BCUT2D eigenvalue weighted by molar-refractivity contribution is 0.0697. The van der Waals surface area contributed by atoms with Crippen molar-refractivity contribution in [3.05, 3.63) is 71.3 Å². The van der Waals surface area contributed by atoms with Crippen molar-refractivity contribution in [1.82, 2.24) is 0 Å². The molecule has 0 atom stereocenters. The van der Waals surface area contributed by atoms with Crippen molar-refractivity contribution in [3.63, 3.8) is 0 Å². The Bertz CT molecular complexity index is 659. The lowest BCUT2D eigenvalue weighted by Crippen LogP contribution is -1.96. The van der Waals surface area contributed by atoms with Crippen LogP contribution in [0.2, 0.25) is 0 Å². The molecule has 0 aliphatic rings. The first-order valence-electron chi connectivity index (χ1n) is 6.51. The number of hydrazone groups is 1. The van der Waals surface area contributed by atoms with Gasteiger partial charge in [-0.15, -0.1) is 0 Å². The predicted octanol–water partition coefficient (Wildman–Crippen LogP) is 3.89. The molecule has 21 heavy (non-hydrogen) atoms. The molecular weight excluding hydrogens is 264 g/mol. The van der Waals surface area contributed by atoms with Crippen molar-refractivity contribution in [2.24, 2.45) is 5.10 Å². The molecule has 2 N–H and O–H groups in total. The van der Waals surface area contributed by atoms with Crippen LogP contribution in [0.3, 0.4) is 0 Å². The van der Waals surface area contributed by atoms with Crippen molar-refractivity contribution < 1.29 is 9.90 Å². The van der Waals surface area contributed by atoms with Crippen LogP contribution < -0.4 is 5.43 Å². The van der Waals surface area contributed by atoms with E-state index < -0.39 is 5.97 Å². The number of anilines is 1. The normalized spacial score (nSPS) is 11.6.